The number of amides is 1. The first-order valence-electron chi connectivity index (χ1n) is 5.25. The smallest absolute Gasteiger partial charge is 0.277 e. The second kappa shape index (κ2) is 6.21. The predicted molar refractivity (Wildman–Crippen MR) is 76.6 cm³/mol. The molecule has 0 saturated carbocycles. The molecule has 2 aromatic rings. The normalized spacial score (nSPS) is 9.89. The van der Waals surface area contributed by atoms with Crippen LogP contribution in [0, 0.1) is 0 Å². The molecule has 1 amide bonds. The molecule has 0 radical (unpaired) electrons. The number of ether oxygens (including phenoxy) is 1. The molecular weight excluding hydrogens is 284 g/mol. The summed E-state index contributed by atoms with van der Waals surface area (Å²) in [6.45, 7) is 0.155. The predicted octanol–water partition coefficient (Wildman–Crippen LogP) is 1.46. The Hall–Kier alpha value is -2.06. The third-order valence-electron chi connectivity index (χ3n) is 2.07. The lowest BCUT2D eigenvalue weighted by molar-refractivity contribution is 0.102. The van der Waals surface area contributed by atoms with E-state index in [1.807, 2.05) is 0 Å². The summed E-state index contributed by atoms with van der Waals surface area (Å²) in [6, 6.07) is 6.92. The summed E-state index contributed by atoms with van der Waals surface area (Å²) in [5.74, 6) is 0.252. The fraction of sp³-hybridized carbons (Fsp3) is 0.0909. The molecule has 3 N–H and O–H groups in total. The monoisotopic (exact) mass is 294 g/mol. The molecule has 6 nitrogen and oxygen atoms in total. The maximum absolute atomic E-state index is 11.8. The molecule has 0 spiro atoms. The summed E-state index contributed by atoms with van der Waals surface area (Å²) in [7, 11) is 0. The Morgan fingerprint density at radius 1 is 1.53 bits per heavy atom. The van der Waals surface area contributed by atoms with Crippen molar-refractivity contribution in [2.45, 2.75) is 0 Å². The third-order valence-corrected chi connectivity index (χ3v) is 2.69. The summed E-state index contributed by atoms with van der Waals surface area (Å²) < 4.78 is 8.97. The van der Waals surface area contributed by atoms with Gasteiger partial charge in [0.2, 0.25) is 0 Å². The van der Waals surface area contributed by atoms with Crippen LogP contribution in [-0.2, 0) is 0 Å². The average Bonchev–Trinajstić information content (AvgIpc) is 2.91. The third kappa shape index (κ3) is 3.97. The largest absolute Gasteiger partial charge is 0.486 e. The van der Waals surface area contributed by atoms with Gasteiger partial charge in [-0.2, -0.15) is 0 Å². The van der Waals surface area contributed by atoms with Crippen LogP contribution in [0.3, 0.4) is 0 Å². The Morgan fingerprint density at radius 2 is 2.37 bits per heavy atom. The second-order valence-electron chi connectivity index (χ2n) is 3.53. The van der Waals surface area contributed by atoms with Gasteiger partial charge < -0.3 is 15.8 Å². The van der Waals surface area contributed by atoms with E-state index in [9.17, 15) is 4.79 Å². The van der Waals surface area contributed by atoms with E-state index in [0.717, 1.165) is 11.5 Å². The fourth-order valence-electron chi connectivity index (χ4n) is 1.28. The molecule has 0 aliphatic heterocycles. The van der Waals surface area contributed by atoms with Crippen LogP contribution in [0.25, 0.3) is 0 Å². The minimum absolute atomic E-state index is 0.155. The van der Waals surface area contributed by atoms with E-state index in [1.165, 1.54) is 0 Å². The van der Waals surface area contributed by atoms with Crippen molar-refractivity contribution in [3.63, 3.8) is 0 Å². The van der Waals surface area contributed by atoms with Crippen molar-refractivity contribution >= 4 is 40.3 Å². The molecule has 0 bridgehead atoms. The van der Waals surface area contributed by atoms with Crippen LogP contribution in [0.4, 0.5) is 5.69 Å². The van der Waals surface area contributed by atoms with E-state index in [0.29, 0.717) is 11.4 Å². The number of carbonyl (C=O) groups excluding carboxylic acids is 1. The number of benzene rings is 1. The van der Waals surface area contributed by atoms with Crippen LogP contribution in [0.1, 0.15) is 10.5 Å². The van der Waals surface area contributed by atoms with Gasteiger partial charge in [0.1, 0.15) is 17.3 Å². The number of anilines is 1. The van der Waals surface area contributed by atoms with Gasteiger partial charge in [-0.05, 0) is 23.7 Å². The molecule has 1 heterocycles. The zero-order chi connectivity index (χ0) is 13.7. The Kier molecular flexibility index (Phi) is 4.37. The SMILES string of the molecule is NC(=S)COc1cccc(NC(=O)c2csnn2)c1. The number of carbonyl (C=O) groups is 1. The number of nitrogens with one attached hydrogen (secondary N) is 1. The van der Waals surface area contributed by atoms with Crippen molar-refractivity contribution in [1.82, 2.24) is 9.59 Å². The maximum Gasteiger partial charge on any atom is 0.277 e. The van der Waals surface area contributed by atoms with Gasteiger partial charge in [0.05, 0.1) is 0 Å². The number of aromatic nitrogens is 2. The van der Waals surface area contributed by atoms with E-state index >= 15 is 0 Å². The fourth-order valence-corrected chi connectivity index (χ4v) is 1.77. The molecule has 0 fully saturated rings. The zero-order valence-corrected chi connectivity index (χ0v) is 11.3. The van der Waals surface area contributed by atoms with Crippen molar-refractivity contribution in [2.24, 2.45) is 5.73 Å². The minimum atomic E-state index is -0.319. The standard InChI is InChI=1S/C11H10N4O2S2/c12-10(18)5-17-8-3-1-2-7(4-8)13-11(16)9-6-19-15-14-9/h1-4,6H,5H2,(H2,12,18)(H,13,16). The first-order valence-corrected chi connectivity index (χ1v) is 6.49. The lowest BCUT2D eigenvalue weighted by atomic mass is 10.3. The molecule has 0 aliphatic rings. The molecular formula is C11H10N4O2S2. The topological polar surface area (TPSA) is 90.1 Å². The van der Waals surface area contributed by atoms with Crippen LogP contribution in [0.2, 0.25) is 0 Å². The highest BCUT2D eigenvalue weighted by atomic mass is 32.1. The molecule has 0 saturated heterocycles. The zero-order valence-electron chi connectivity index (χ0n) is 9.70. The van der Waals surface area contributed by atoms with Crippen molar-refractivity contribution in [3.8, 4) is 5.75 Å². The van der Waals surface area contributed by atoms with Crippen LogP contribution in [0.15, 0.2) is 29.6 Å². The summed E-state index contributed by atoms with van der Waals surface area (Å²) in [4.78, 5) is 12.0. The summed E-state index contributed by atoms with van der Waals surface area (Å²) >= 11 is 5.84. The summed E-state index contributed by atoms with van der Waals surface area (Å²) in [5.41, 5.74) is 6.22. The van der Waals surface area contributed by atoms with Gasteiger partial charge in [-0.15, -0.1) is 5.10 Å². The number of nitrogens with zero attached hydrogens (tertiary/aromatic N) is 2. The lowest BCUT2D eigenvalue weighted by Gasteiger charge is -2.07. The number of thiocarbonyl (C=S) groups is 1. The Morgan fingerprint density at radius 3 is 3.05 bits per heavy atom. The maximum atomic E-state index is 11.8. The van der Waals surface area contributed by atoms with Crippen molar-refractivity contribution in [3.05, 3.63) is 35.3 Å². The lowest BCUT2D eigenvalue weighted by Crippen LogP contribution is -2.18. The van der Waals surface area contributed by atoms with Crippen molar-refractivity contribution < 1.29 is 9.53 Å². The van der Waals surface area contributed by atoms with Crippen molar-refractivity contribution in [2.75, 3.05) is 11.9 Å². The second-order valence-corrected chi connectivity index (χ2v) is 4.66. The van der Waals surface area contributed by atoms with Gasteiger partial charge in [-0.1, -0.05) is 22.8 Å². The minimum Gasteiger partial charge on any atom is -0.486 e. The van der Waals surface area contributed by atoms with Gasteiger partial charge in [-0.3, -0.25) is 4.79 Å². The first-order chi connectivity index (χ1) is 9.15. The summed E-state index contributed by atoms with van der Waals surface area (Å²) in [5, 5.41) is 7.95. The molecule has 1 aromatic heterocycles. The molecule has 98 valence electrons. The van der Waals surface area contributed by atoms with E-state index in [-0.39, 0.29) is 23.2 Å². The highest BCUT2D eigenvalue weighted by Crippen LogP contribution is 2.17. The summed E-state index contributed by atoms with van der Waals surface area (Å²) in [6.07, 6.45) is 0. The molecule has 19 heavy (non-hydrogen) atoms. The van der Waals surface area contributed by atoms with Crippen molar-refractivity contribution in [1.29, 1.82) is 0 Å². The van der Waals surface area contributed by atoms with E-state index < -0.39 is 0 Å². The van der Waals surface area contributed by atoms with Crippen LogP contribution in [-0.4, -0.2) is 27.1 Å². The number of rotatable bonds is 5. The highest BCUT2D eigenvalue weighted by molar-refractivity contribution is 7.80. The van der Waals surface area contributed by atoms with Gasteiger partial charge in [0.15, 0.2) is 5.69 Å². The van der Waals surface area contributed by atoms with Crippen LogP contribution in [0.5, 0.6) is 5.75 Å². The molecule has 0 aliphatic carbocycles. The van der Waals surface area contributed by atoms with Crippen LogP contribution < -0.4 is 15.8 Å². The molecule has 0 atom stereocenters. The first kappa shape index (κ1) is 13.4. The van der Waals surface area contributed by atoms with E-state index in [2.05, 4.69) is 14.9 Å². The number of hydrogen-bond acceptors (Lipinski definition) is 6. The highest BCUT2D eigenvalue weighted by Gasteiger charge is 2.09. The number of hydrogen-bond donors (Lipinski definition) is 2. The Bertz CT molecular complexity index is 586. The van der Waals surface area contributed by atoms with E-state index in [4.69, 9.17) is 22.7 Å². The van der Waals surface area contributed by atoms with Gasteiger partial charge in [0, 0.05) is 17.1 Å². The Balaban J connectivity index is 2.02. The van der Waals surface area contributed by atoms with Gasteiger partial charge in [0.25, 0.3) is 5.91 Å². The molecule has 0 unspecified atom stereocenters. The molecule has 2 rings (SSSR count). The quantitative estimate of drug-likeness (QED) is 0.811. The molecule has 8 heteroatoms. The number of nitrogens with two attached hydrogens (primary N) is 1. The molecule has 1 aromatic carbocycles. The average molecular weight is 294 g/mol. The van der Waals surface area contributed by atoms with Gasteiger partial charge in [-0.25, -0.2) is 0 Å². The van der Waals surface area contributed by atoms with Crippen LogP contribution >= 0.6 is 23.8 Å². The Labute approximate surface area is 118 Å². The van der Waals surface area contributed by atoms with Gasteiger partial charge >= 0.3 is 0 Å². The van der Waals surface area contributed by atoms with E-state index in [1.54, 1.807) is 29.6 Å².